The Bertz CT molecular complexity index is 169. The highest BCUT2D eigenvalue weighted by Crippen LogP contribution is 2.43. The Hall–Kier alpha value is -0.250. The predicted octanol–water partition coefficient (Wildman–Crippen LogP) is 3.13. The van der Waals surface area contributed by atoms with Crippen LogP contribution >= 0.6 is 0 Å². The van der Waals surface area contributed by atoms with Crippen molar-refractivity contribution in [1.82, 2.24) is 0 Å². The van der Waals surface area contributed by atoms with Gasteiger partial charge in [0.1, 0.15) is 0 Å². The quantitative estimate of drug-likeness (QED) is 0.738. The van der Waals surface area contributed by atoms with Crippen LogP contribution < -0.4 is 0 Å². The molecule has 0 amide bonds. The predicted molar refractivity (Wildman–Crippen MR) is 45.4 cm³/mol. The van der Waals surface area contributed by atoms with Gasteiger partial charge in [-0.3, -0.25) is 0 Å². The van der Waals surface area contributed by atoms with Gasteiger partial charge in [-0.15, -0.1) is 0 Å². The van der Waals surface area contributed by atoms with Crippen molar-refractivity contribution >= 4 is 0 Å². The van der Waals surface area contributed by atoms with E-state index in [-0.39, 0.29) is 0 Å². The number of hydrogen-bond acceptors (Lipinski definition) is 1. The first-order valence-electron chi connectivity index (χ1n) is 4.31. The largest absolute Gasteiger partial charge is 0.390 e. The van der Waals surface area contributed by atoms with Crippen LogP contribution in [-0.2, 0) is 0 Å². The molecule has 0 heterocycles. The molecule has 4 heteroatoms. The van der Waals surface area contributed by atoms with Crippen LogP contribution in [0.1, 0.15) is 40.5 Å². The standard InChI is InChI=1S/C9H17F3O/c1-5-8(4,7(2,3)13)6-9(10,11)12/h13H,5-6H2,1-4H3. The smallest absolute Gasteiger partial charge is 0.389 e. The number of hydrogen-bond donors (Lipinski definition) is 1. The first-order valence-corrected chi connectivity index (χ1v) is 4.31. The molecule has 0 rings (SSSR count). The van der Waals surface area contributed by atoms with Crippen LogP contribution in [0.25, 0.3) is 0 Å². The van der Waals surface area contributed by atoms with E-state index in [0.29, 0.717) is 6.42 Å². The zero-order valence-corrected chi connectivity index (χ0v) is 8.50. The van der Waals surface area contributed by atoms with Crippen molar-refractivity contribution in [2.75, 3.05) is 0 Å². The average molecular weight is 198 g/mol. The fourth-order valence-electron chi connectivity index (χ4n) is 1.22. The lowest BCUT2D eigenvalue weighted by Crippen LogP contribution is -2.43. The van der Waals surface area contributed by atoms with Crippen molar-refractivity contribution in [1.29, 1.82) is 0 Å². The minimum atomic E-state index is -4.22. The Morgan fingerprint density at radius 2 is 1.46 bits per heavy atom. The summed E-state index contributed by atoms with van der Waals surface area (Å²) >= 11 is 0. The van der Waals surface area contributed by atoms with Gasteiger partial charge in [-0.25, -0.2) is 0 Å². The zero-order valence-electron chi connectivity index (χ0n) is 8.50. The van der Waals surface area contributed by atoms with Crippen LogP contribution in [0.4, 0.5) is 13.2 Å². The van der Waals surface area contributed by atoms with Gasteiger partial charge in [0.25, 0.3) is 0 Å². The van der Waals surface area contributed by atoms with Gasteiger partial charge in [-0.1, -0.05) is 13.8 Å². The normalized spacial score (nSPS) is 18.5. The molecule has 0 bridgehead atoms. The molecule has 80 valence electrons. The molecular weight excluding hydrogens is 181 g/mol. The Morgan fingerprint density at radius 3 is 1.54 bits per heavy atom. The van der Waals surface area contributed by atoms with Crippen molar-refractivity contribution < 1.29 is 18.3 Å². The summed E-state index contributed by atoms with van der Waals surface area (Å²) in [6.45, 7) is 5.95. The van der Waals surface area contributed by atoms with E-state index in [1.165, 1.54) is 20.8 Å². The summed E-state index contributed by atoms with van der Waals surface area (Å²) in [5, 5.41) is 9.60. The molecule has 0 aliphatic carbocycles. The molecule has 0 aromatic rings. The highest BCUT2D eigenvalue weighted by Gasteiger charge is 2.46. The highest BCUT2D eigenvalue weighted by atomic mass is 19.4. The van der Waals surface area contributed by atoms with Gasteiger partial charge >= 0.3 is 6.18 Å². The number of halogens is 3. The van der Waals surface area contributed by atoms with E-state index < -0.39 is 23.6 Å². The summed E-state index contributed by atoms with van der Waals surface area (Å²) < 4.78 is 36.5. The van der Waals surface area contributed by atoms with Gasteiger partial charge in [-0.2, -0.15) is 13.2 Å². The molecule has 1 N–H and O–H groups in total. The molecule has 1 atom stereocenters. The van der Waals surface area contributed by atoms with E-state index >= 15 is 0 Å². The van der Waals surface area contributed by atoms with E-state index in [1.54, 1.807) is 6.92 Å². The summed E-state index contributed by atoms with van der Waals surface area (Å²) in [6, 6.07) is 0. The maximum Gasteiger partial charge on any atom is 0.389 e. The lowest BCUT2D eigenvalue weighted by Gasteiger charge is -2.40. The second-order valence-corrected chi connectivity index (χ2v) is 4.27. The number of rotatable bonds is 3. The van der Waals surface area contributed by atoms with Crippen molar-refractivity contribution in [2.45, 2.75) is 52.3 Å². The van der Waals surface area contributed by atoms with Gasteiger partial charge in [0.05, 0.1) is 12.0 Å². The third kappa shape index (κ3) is 3.55. The fraction of sp³-hybridized carbons (Fsp3) is 1.00. The summed E-state index contributed by atoms with van der Waals surface area (Å²) in [5.41, 5.74) is -2.41. The molecule has 0 aliphatic rings. The molecule has 0 aromatic heterocycles. The van der Waals surface area contributed by atoms with E-state index in [1.807, 2.05) is 0 Å². The van der Waals surface area contributed by atoms with Gasteiger partial charge in [-0.05, 0) is 20.3 Å². The van der Waals surface area contributed by atoms with Crippen molar-refractivity contribution in [3.8, 4) is 0 Å². The molecule has 0 saturated heterocycles. The van der Waals surface area contributed by atoms with Crippen molar-refractivity contribution in [2.24, 2.45) is 5.41 Å². The lowest BCUT2D eigenvalue weighted by molar-refractivity contribution is -0.186. The zero-order chi connectivity index (χ0) is 10.9. The minimum absolute atomic E-state index is 0.302. The number of aliphatic hydroxyl groups is 1. The first-order chi connectivity index (χ1) is 5.52. The first kappa shape index (κ1) is 12.8. The highest BCUT2D eigenvalue weighted by molar-refractivity contribution is 4.90. The molecule has 0 radical (unpaired) electrons. The van der Waals surface area contributed by atoms with Crippen LogP contribution in [-0.4, -0.2) is 16.9 Å². The molecule has 0 aromatic carbocycles. The molecule has 0 spiro atoms. The molecule has 0 aliphatic heterocycles. The maximum atomic E-state index is 12.2. The van der Waals surface area contributed by atoms with Crippen LogP contribution in [0.15, 0.2) is 0 Å². The van der Waals surface area contributed by atoms with Gasteiger partial charge in [0, 0.05) is 5.41 Å². The van der Waals surface area contributed by atoms with E-state index in [2.05, 4.69) is 0 Å². The summed E-state index contributed by atoms with van der Waals surface area (Å²) in [7, 11) is 0. The lowest BCUT2D eigenvalue weighted by atomic mass is 9.71. The Kier molecular flexibility index (Phi) is 3.41. The third-order valence-corrected chi connectivity index (χ3v) is 2.85. The molecule has 13 heavy (non-hydrogen) atoms. The van der Waals surface area contributed by atoms with Crippen molar-refractivity contribution in [3.63, 3.8) is 0 Å². The third-order valence-electron chi connectivity index (χ3n) is 2.85. The Balaban J connectivity index is 4.67. The number of alkyl halides is 3. The van der Waals surface area contributed by atoms with Gasteiger partial charge < -0.3 is 5.11 Å². The van der Waals surface area contributed by atoms with Crippen LogP contribution in [0, 0.1) is 5.41 Å². The van der Waals surface area contributed by atoms with Gasteiger partial charge in [0.2, 0.25) is 0 Å². The fourth-order valence-corrected chi connectivity index (χ4v) is 1.22. The Morgan fingerprint density at radius 1 is 1.08 bits per heavy atom. The van der Waals surface area contributed by atoms with Crippen LogP contribution in [0.3, 0.4) is 0 Å². The van der Waals surface area contributed by atoms with E-state index in [4.69, 9.17) is 0 Å². The maximum absolute atomic E-state index is 12.2. The second kappa shape index (κ2) is 3.48. The van der Waals surface area contributed by atoms with E-state index in [9.17, 15) is 18.3 Å². The monoisotopic (exact) mass is 198 g/mol. The minimum Gasteiger partial charge on any atom is -0.390 e. The van der Waals surface area contributed by atoms with Crippen LogP contribution in [0.5, 0.6) is 0 Å². The average Bonchev–Trinajstić information content (AvgIpc) is 1.81. The van der Waals surface area contributed by atoms with Crippen LogP contribution in [0.2, 0.25) is 0 Å². The second-order valence-electron chi connectivity index (χ2n) is 4.27. The van der Waals surface area contributed by atoms with E-state index in [0.717, 1.165) is 0 Å². The SMILES string of the molecule is CCC(C)(CC(F)(F)F)C(C)(C)O. The molecule has 1 nitrogen and oxygen atoms in total. The topological polar surface area (TPSA) is 20.2 Å². The van der Waals surface area contributed by atoms with Crippen molar-refractivity contribution in [3.05, 3.63) is 0 Å². The van der Waals surface area contributed by atoms with Gasteiger partial charge in [0.15, 0.2) is 0 Å². The summed E-state index contributed by atoms with van der Waals surface area (Å²) in [5.74, 6) is 0. The molecular formula is C9H17F3O. The molecule has 0 fully saturated rings. The Labute approximate surface area is 76.9 Å². The summed E-state index contributed by atoms with van der Waals surface area (Å²) in [4.78, 5) is 0. The molecule has 1 unspecified atom stereocenters. The molecule has 0 saturated carbocycles. The summed E-state index contributed by atoms with van der Waals surface area (Å²) in [6.07, 6.45) is -4.86.